The summed E-state index contributed by atoms with van der Waals surface area (Å²) >= 11 is 6.09. The molecule has 1 saturated carbocycles. The van der Waals surface area contributed by atoms with Gasteiger partial charge in [0.25, 0.3) is 5.91 Å². The summed E-state index contributed by atoms with van der Waals surface area (Å²) in [7, 11) is 0. The first-order valence-corrected chi connectivity index (χ1v) is 10.6. The highest BCUT2D eigenvalue weighted by Crippen LogP contribution is 2.47. The highest BCUT2D eigenvalue weighted by molar-refractivity contribution is 6.30. The minimum atomic E-state index is -0.439. The number of rotatable bonds is 3. The van der Waals surface area contributed by atoms with Gasteiger partial charge in [0.05, 0.1) is 17.5 Å². The number of nitrogens with zero attached hydrogens (tertiary/aromatic N) is 1. The molecule has 5 heteroatoms. The van der Waals surface area contributed by atoms with Gasteiger partial charge < -0.3 is 9.64 Å². The largest absolute Gasteiger partial charge is 0.483 e. The van der Waals surface area contributed by atoms with Gasteiger partial charge in [-0.3, -0.25) is 9.59 Å². The van der Waals surface area contributed by atoms with E-state index in [9.17, 15) is 9.59 Å². The van der Waals surface area contributed by atoms with Gasteiger partial charge in [0.1, 0.15) is 6.10 Å². The summed E-state index contributed by atoms with van der Waals surface area (Å²) < 4.78 is 6.18. The monoisotopic (exact) mass is 407 g/mol. The van der Waals surface area contributed by atoms with E-state index in [1.807, 2.05) is 42.5 Å². The molecule has 5 rings (SSSR count). The normalized spacial score (nSPS) is 26.2. The van der Waals surface area contributed by atoms with Gasteiger partial charge in [-0.05, 0) is 42.5 Å². The highest BCUT2D eigenvalue weighted by atomic mass is 35.5. The first-order chi connectivity index (χ1) is 14.1. The average molecular weight is 408 g/mol. The molecule has 0 spiro atoms. The van der Waals surface area contributed by atoms with Gasteiger partial charge >= 0.3 is 0 Å². The summed E-state index contributed by atoms with van der Waals surface area (Å²) in [5, 5.41) is 0.625. The van der Waals surface area contributed by atoms with Crippen molar-refractivity contribution in [3.05, 3.63) is 82.1 Å². The van der Waals surface area contributed by atoms with Crippen LogP contribution in [0.4, 0.5) is 0 Å². The smallest absolute Gasteiger partial charge is 0.290 e. The maximum absolute atomic E-state index is 13.5. The van der Waals surface area contributed by atoms with Crippen molar-refractivity contribution in [1.29, 1.82) is 0 Å². The lowest BCUT2D eigenvalue weighted by Crippen LogP contribution is -2.39. The molecule has 148 valence electrons. The highest BCUT2D eigenvalue weighted by Gasteiger charge is 2.51. The second-order valence-corrected chi connectivity index (χ2v) is 8.46. The van der Waals surface area contributed by atoms with E-state index < -0.39 is 6.04 Å². The first-order valence-electron chi connectivity index (χ1n) is 10.2. The Morgan fingerprint density at radius 1 is 0.966 bits per heavy atom. The Morgan fingerprint density at radius 3 is 2.45 bits per heavy atom. The van der Waals surface area contributed by atoms with Crippen molar-refractivity contribution in [3.8, 4) is 0 Å². The Kier molecular flexibility index (Phi) is 4.67. The van der Waals surface area contributed by atoms with Gasteiger partial charge in [-0.25, -0.2) is 0 Å². The molecule has 2 aliphatic heterocycles. The van der Waals surface area contributed by atoms with Gasteiger partial charge in [-0.2, -0.15) is 0 Å². The topological polar surface area (TPSA) is 46.6 Å². The van der Waals surface area contributed by atoms with Gasteiger partial charge in [-0.1, -0.05) is 60.5 Å². The number of hydrogen-bond donors (Lipinski definition) is 0. The fourth-order valence-electron chi connectivity index (χ4n) is 4.83. The summed E-state index contributed by atoms with van der Waals surface area (Å²) in [5.41, 5.74) is 2.43. The minimum absolute atomic E-state index is 0.0832. The van der Waals surface area contributed by atoms with Crippen molar-refractivity contribution in [1.82, 2.24) is 4.90 Å². The number of Topliss-reactive ketones (excluding diaryl/α,β-unsaturated/α-hetero) is 1. The Hall–Kier alpha value is -2.59. The zero-order chi connectivity index (χ0) is 20.0. The molecule has 3 aliphatic rings. The van der Waals surface area contributed by atoms with Crippen molar-refractivity contribution in [2.45, 2.75) is 44.4 Å². The number of ketones is 1. The third kappa shape index (κ3) is 3.16. The number of ether oxygens (including phenoxy) is 1. The van der Waals surface area contributed by atoms with Gasteiger partial charge in [0.15, 0.2) is 11.5 Å². The Bertz CT molecular complexity index is 983. The quantitative estimate of drug-likeness (QED) is 0.731. The molecule has 2 aromatic rings. The maximum Gasteiger partial charge on any atom is 0.290 e. The summed E-state index contributed by atoms with van der Waals surface area (Å²) in [4.78, 5) is 28.6. The molecule has 1 aliphatic carbocycles. The van der Waals surface area contributed by atoms with E-state index in [4.69, 9.17) is 16.3 Å². The van der Waals surface area contributed by atoms with E-state index >= 15 is 0 Å². The van der Waals surface area contributed by atoms with Crippen LogP contribution in [0.5, 0.6) is 0 Å². The molecule has 4 nitrogen and oxygen atoms in total. The van der Waals surface area contributed by atoms with Crippen molar-refractivity contribution < 1.29 is 14.3 Å². The van der Waals surface area contributed by atoms with E-state index in [1.54, 1.807) is 17.0 Å². The van der Waals surface area contributed by atoms with Crippen molar-refractivity contribution in [2.75, 3.05) is 0 Å². The molecular formula is C24H22ClNO3. The zero-order valence-electron chi connectivity index (χ0n) is 16.0. The average Bonchev–Trinajstić information content (AvgIpc) is 3.02. The van der Waals surface area contributed by atoms with Gasteiger partial charge in [0.2, 0.25) is 0 Å². The number of carbonyl (C=O) groups excluding carboxylic acids is 2. The molecule has 0 N–H and O–H groups in total. The SMILES string of the molecule is O=C1C2=C(OC3CCCCC13)C(=O)N(Cc1ccccc1)C2c1ccc(Cl)cc1. The van der Waals surface area contributed by atoms with E-state index in [2.05, 4.69) is 0 Å². The predicted octanol–water partition coefficient (Wildman–Crippen LogP) is 4.84. The lowest BCUT2D eigenvalue weighted by Gasteiger charge is -2.35. The van der Waals surface area contributed by atoms with E-state index in [-0.39, 0.29) is 29.5 Å². The Labute approximate surface area is 175 Å². The molecule has 1 amide bonds. The Morgan fingerprint density at radius 2 is 1.69 bits per heavy atom. The lowest BCUT2D eigenvalue weighted by atomic mass is 9.77. The summed E-state index contributed by atoms with van der Waals surface area (Å²) in [6, 6.07) is 16.8. The lowest BCUT2D eigenvalue weighted by molar-refractivity contribution is -0.135. The van der Waals surface area contributed by atoms with Gasteiger partial charge in [-0.15, -0.1) is 0 Å². The maximum atomic E-state index is 13.5. The van der Waals surface area contributed by atoms with E-state index in [0.717, 1.165) is 36.8 Å². The van der Waals surface area contributed by atoms with Crippen LogP contribution < -0.4 is 0 Å². The number of hydrogen-bond acceptors (Lipinski definition) is 3. The third-order valence-corrected chi connectivity index (χ3v) is 6.49. The van der Waals surface area contributed by atoms with E-state index in [0.29, 0.717) is 17.1 Å². The van der Waals surface area contributed by atoms with Crippen LogP contribution in [-0.2, 0) is 20.9 Å². The van der Waals surface area contributed by atoms with Crippen LogP contribution in [0.1, 0.15) is 42.9 Å². The Balaban J connectivity index is 1.58. The van der Waals surface area contributed by atoms with Crippen LogP contribution >= 0.6 is 11.6 Å². The molecule has 1 fully saturated rings. The number of fused-ring (bicyclic) bond motifs is 1. The van der Waals surface area contributed by atoms with Crippen LogP contribution in [0.25, 0.3) is 0 Å². The van der Waals surface area contributed by atoms with Crippen LogP contribution in [0.15, 0.2) is 65.9 Å². The molecule has 29 heavy (non-hydrogen) atoms. The fraction of sp³-hybridized carbons (Fsp3) is 0.333. The molecule has 0 radical (unpaired) electrons. The number of amides is 1. The number of benzene rings is 2. The second kappa shape index (κ2) is 7.34. The molecular weight excluding hydrogens is 386 g/mol. The van der Waals surface area contributed by atoms with Gasteiger partial charge in [0, 0.05) is 11.6 Å². The molecule has 0 bridgehead atoms. The third-order valence-electron chi connectivity index (χ3n) is 6.24. The van der Waals surface area contributed by atoms with Crippen molar-refractivity contribution >= 4 is 23.3 Å². The van der Waals surface area contributed by atoms with Crippen molar-refractivity contribution in [2.24, 2.45) is 5.92 Å². The van der Waals surface area contributed by atoms with E-state index in [1.165, 1.54) is 0 Å². The molecule has 3 atom stereocenters. The second-order valence-electron chi connectivity index (χ2n) is 8.03. The van der Waals surface area contributed by atoms with Crippen LogP contribution in [0.2, 0.25) is 5.02 Å². The molecule has 0 aromatic heterocycles. The summed E-state index contributed by atoms with van der Waals surface area (Å²) in [5.74, 6) is 0.0109. The number of halogens is 1. The van der Waals surface area contributed by atoms with Crippen LogP contribution in [-0.4, -0.2) is 22.7 Å². The summed E-state index contributed by atoms with van der Waals surface area (Å²) in [6.07, 6.45) is 3.58. The summed E-state index contributed by atoms with van der Waals surface area (Å²) in [6.45, 7) is 0.423. The fourth-order valence-corrected chi connectivity index (χ4v) is 4.95. The molecule has 2 aromatic carbocycles. The molecule has 2 heterocycles. The zero-order valence-corrected chi connectivity index (χ0v) is 16.8. The van der Waals surface area contributed by atoms with Crippen molar-refractivity contribution in [3.63, 3.8) is 0 Å². The minimum Gasteiger partial charge on any atom is -0.483 e. The molecule has 3 unspecified atom stereocenters. The molecule has 0 saturated heterocycles. The van der Waals surface area contributed by atoms with Crippen LogP contribution in [0.3, 0.4) is 0 Å². The predicted molar refractivity (Wildman–Crippen MR) is 110 cm³/mol. The van der Waals surface area contributed by atoms with Crippen LogP contribution in [0, 0.1) is 5.92 Å². The first kappa shape index (κ1) is 18.4. The number of carbonyl (C=O) groups is 2. The standard InChI is InChI=1S/C24H22ClNO3/c25-17-12-10-16(11-13-17)21-20-22(27)18-8-4-5-9-19(18)29-23(20)24(28)26(21)14-15-6-2-1-3-7-15/h1-3,6-7,10-13,18-19,21H,4-5,8-9,14H2.